The standard InChI is InChI=1S/C16H19NO5/c18-11-5-9-16(14(19)20)8-4-10-17(16)15(21)22-12-13-6-2-1-3-7-13/h1-3,6-7,11H,4-5,8-10,12H2,(H,19,20)/t16-/m1/s1. The molecule has 0 saturated carbocycles. The highest BCUT2D eigenvalue weighted by Crippen LogP contribution is 2.34. The number of likely N-dealkylation sites (tertiary alicyclic amines) is 1. The van der Waals surface area contributed by atoms with Gasteiger partial charge in [0.25, 0.3) is 0 Å². The van der Waals surface area contributed by atoms with E-state index in [-0.39, 0.29) is 19.4 Å². The number of aliphatic carboxylic acids is 1. The fourth-order valence-electron chi connectivity index (χ4n) is 2.83. The first-order valence-corrected chi connectivity index (χ1v) is 7.25. The number of carboxylic acids is 1. The van der Waals surface area contributed by atoms with Gasteiger partial charge in [0, 0.05) is 13.0 Å². The van der Waals surface area contributed by atoms with Gasteiger partial charge in [-0.05, 0) is 24.8 Å². The SMILES string of the molecule is O=CCC[C@@]1(C(=O)O)CCCN1C(=O)OCc1ccccc1. The number of carboxylic acid groups (broad SMARTS) is 1. The van der Waals surface area contributed by atoms with Crippen molar-refractivity contribution in [3.63, 3.8) is 0 Å². The summed E-state index contributed by atoms with van der Waals surface area (Å²) in [6.07, 6.45) is 1.19. The van der Waals surface area contributed by atoms with Crippen LogP contribution in [0, 0.1) is 0 Å². The maximum absolute atomic E-state index is 12.3. The van der Waals surface area contributed by atoms with E-state index in [1.807, 2.05) is 30.3 Å². The predicted molar refractivity (Wildman–Crippen MR) is 78.2 cm³/mol. The lowest BCUT2D eigenvalue weighted by Gasteiger charge is -2.33. The van der Waals surface area contributed by atoms with E-state index >= 15 is 0 Å². The molecule has 0 spiro atoms. The van der Waals surface area contributed by atoms with Crippen molar-refractivity contribution >= 4 is 18.3 Å². The third-order valence-corrected chi connectivity index (χ3v) is 3.99. The van der Waals surface area contributed by atoms with E-state index in [1.165, 1.54) is 4.90 Å². The van der Waals surface area contributed by atoms with Crippen LogP contribution in [0.3, 0.4) is 0 Å². The number of ether oxygens (including phenoxy) is 1. The number of nitrogens with zero attached hydrogens (tertiary/aromatic N) is 1. The number of amides is 1. The van der Waals surface area contributed by atoms with Crippen LogP contribution in [0.2, 0.25) is 0 Å². The molecule has 2 rings (SSSR count). The number of hydrogen-bond donors (Lipinski definition) is 1. The molecule has 0 radical (unpaired) electrons. The first-order chi connectivity index (χ1) is 10.6. The molecular weight excluding hydrogens is 286 g/mol. The molecule has 0 bridgehead atoms. The minimum Gasteiger partial charge on any atom is -0.479 e. The fraction of sp³-hybridized carbons (Fsp3) is 0.438. The molecule has 1 atom stereocenters. The van der Waals surface area contributed by atoms with Crippen molar-refractivity contribution in [2.24, 2.45) is 0 Å². The first-order valence-electron chi connectivity index (χ1n) is 7.25. The van der Waals surface area contributed by atoms with Crippen LogP contribution in [0.15, 0.2) is 30.3 Å². The Morgan fingerprint density at radius 1 is 1.32 bits per heavy atom. The molecule has 1 heterocycles. The van der Waals surface area contributed by atoms with Gasteiger partial charge in [0.1, 0.15) is 18.4 Å². The zero-order chi connectivity index (χ0) is 16.0. The van der Waals surface area contributed by atoms with Crippen LogP contribution in [0.4, 0.5) is 4.79 Å². The molecule has 1 aliphatic rings. The van der Waals surface area contributed by atoms with Crippen LogP contribution < -0.4 is 0 Å². The topological polar surface area (TPSA) is 83.9 Å². The maximum Gasteiger partial charge on any atom is 0.411 e. The van der Waals surface area contributed by atoms with E-state index in [1.54, 1.807) is 0 Å². The smallest absolute Gasteiger partial charge is 0.411 e. The minimum atomic E-state index is -1.32. The highest BCUT2D eigenvalue weighted by molar-refractivity contribution is 5.85. The number of benzene rings is 1. The molecule has 1 aromatic rings. The average Bonchev–Trinajstić information content (AvgIpc) is 2.97. The third kappa shape index (κ3) is 3.27. The molecule has 6 heteroatoms. The lowest BCUT2D eigenvalue weighted by atomic mass is 9.91. The summed E-state index contributed by atoms with van der Waals surface area (Å²) in [5, 5.41) is 9.53. The molecule has 0 aliphatic carbocycles. The second kappa shape index (κ2) is 7.06. The van der Waals surface area contributed by atoms with Crippen molar-refractivity contribution in [3.8, 4) is 0 Å². The Balaban J connectivity index is 2.06. The molecule has 22 heavy (non-hydrogen) atoms. The summed E-state index contributed by atoms with van der Waals surface area (Å²) in [7, 11) is 0. The predicted octanol–water partition coefficient (Wildman–Crippen LogP) is 2.22. The van der Waals surface area contributed by atoms with E-state index in [0.29, 0.717) is 25.7 Å². The number of rotatable bonds is 6. The molecule has 1 N–H and O–H groups in total. The van der Waals surface area contributed by atoms with Crippen molar-refractivity contribution in [2.45, 2.75) is 37.8 Å². The van der Waals surface area contributed by atoms with Crippen LogP contribution >= 0.6 is 0 Å². The summed E-state index contributed by atoms with van der Waals surface area (Å²) >= 11 is 0. The molecule has 118 valence electrons. The van der Waals surface area contributed by atoms with Crippen molar-refractivity contribution in [2.75, 3.05) is 6.54 Å². The van der Waals surface area contributed by atoms with Crippen LogP contribution in [0.1, 0.15) is 31.2 Å². The Bertz CT molecular complexity index is 545. The van der Waals surface area contributed by atoms with Crippen molar-refractivity contribution in [1.82, 2.24) is 4.90 Å². The molecule has 6 nitrogen and oxygen atoms in total. The van der Waals surface area contributed by atoms with Gasteiger partial charge in [-0.1, -0.05) is 30.3 Å². The van der Waals surface area contributed by atoms with Crippen LogP contribution in [0.25, 0.3) is 0 Å². The monoisotopic (exact) mass is 305 g/mol. The fourth-order valence-corrected chi connectivity index (χ4v) is 2.83. The summed E-state index contributed by atoms with van der Waals surface area (Å²) in [5.41, 5.74) is -0.488. The normalized spacial score (nSPS) is 20.6. The van der Waals surface area contributed by atoms with Crippen LogP contribution in [0.5, 0.6) is 0 Å². The second-order valence-electron chi connectivity index (χ2n) is 5.34. The van der Waals surface area contributed by atoms with Crippen LogP contribution in [-0.4, -0.2) is 40.4 Å². The Kier molecular flexibility index (Phi) is 5.14. The molecule has 0 aromatic heterocycles. The van der Waals surface area contributed by atoms with Gasteiger partial charge in [-0.25, -0.2) is 9.59 Å². The summed E-state index contributed by atoms with van der Waals surface area (Å²) < 4.78 is 5.23. The number of hydrogen-bond acceptors (Lipinski definition) is 4. The Hall–Kier alpha value is -2.37. The van der Waals surface area contributed by atoms with Gasteiger partial charge >= 0.3 is 12.1 Å². The maximum atomic E-state index is 12.3. The van der Waals surface area contributed by atoms with Gasteiger partial charge in [0.15, 0.2) is 0 Å². The van der Waals surface area contributed by atoms with E-state index in [2.05, 4.69) is 0 Å². The lowest BCUT2D eigenvalue weighted by molar-refractivity contribution is -0.149. The van der Waals surface area contributed by atoms with E-state index in [9.17, 15) is 19.5 Å². The summed E-state index contributed by atoms with van der Waals surface area (Å²) in [6, 6.07) is 9.19. The molecule has 1 amide bonds. The minimum absolute atomic E-state index is 0.0968. The largest absolute Gasteiger partial charge is 0.479 e. The van der Waals surface area contributed by atoms with Crippen molar-refractivity contribution < 1.29 is 24.2 Å². The van der Waals surface area contributed by atoms with Gasteiger partial charge < -0.3 is 14.6 Å². The Morgan fingerprint density at radius 3 is 2.68 bits per heavy atom. The zero-order valence-electron chi connectivity index (χ0n) is 12.2. The van der Waals surface area contributed by atoms with Gasteiger partial charge in [-0.15, -0.1) is 0 Å². The van der Waals surface area contributed by atoms with Crippen LogP contribution in [-0.2, 0) is 20.9 Å². The number of carbonyl (C=O) groups excluding carboxylic acids is 2. The second-order valence-corrected chi connectivity index (χ2v) is 5.34. The third-order valence-electron chi connectivity index (χ3n) is 3.99. The Labute approximate surface area is 128 Å². The van der Waals surface area contributed by atoms with E-state index < -0.39 is 17.6 Å². The van der Waals surface area contributed by atoms with Gasteiger partial charge in [-0.2, -0.15) is 0 Å². The number of aldehydes is 1. The van der Waals surface area contributed by atoms with E-state index in [4.69, 9.17) is 4.74 Å². The highest BCUT2D eigenvalue weighted by Gasteiger charge is 2.50. The first kappa shape index (κ1) is 16.0. The van der Waals surface area contributed by atoms with Gasteiger partial charge in [-0.3, -0.25) is 4.90 Å². The molecule has 1 aromatic carbocycles. The molecule has 0 unspecified atom stereocenters. The van der Waals surface area contributed by atoms with Crippen molar-refractivity contribution in [1.29, 1.82) is 0 Å². The summed E-state index contributed by atoms with van der Waals surface area (Å²) in [4.78, 5) is 35.7. The molecule has 1 aliphatic heterocycles. The van der Waals surface area contributed by atoms with E-state index in [0.717, 1.165) is 5.56 Å². The van der Waals surface area contributed by atoms with Gasteiger partial charge in [0.2, 0.25) is 0 Å². The van der Waals surface area contributed by atoms with Gasteiger partial charge in [0.05, 0.1) is 0 Å². The summed E-state index contributed by atoms with van der Waals surface area (Å²) in [6.45, 7) is 0.429. The lowest BCUT2D eigenvalue weighted by Crippen LogP contribution is -2.53. The summed E-state index contributed by atoms with van der Waals surface area (Å²) in [5.74, 6) is -1.08. The highest BCUT2D eigenvalue weighted by atomic mass is 16.6. The quantitative estimate of drug-likeness (QED) is 0.815. The van der Waals surface area contributed by atoms with Crippen molar-refractivity contribution in [3.05, 3.63) is 35.9 Å². The number of carbonyl (C=O) groups is 3. The average molecular weight is 305 g/mol. The zero-order valence-corrected chi connectivity index (χ0v) is 12.2. The molecule has 1 saturated heterocycles. The Morgan fingerprint density at radius 2 is 2.05 bits per heavy atom. The molecule has 1 fully saturated rings. The molecular formula is C16H19NO5.